The van der Waals surface area contributed by atoms with Crippen LogP contribution in [0.5, 0.6) is 0 Å². The Balaban J connectivity index is 2.07. The van der Waals surface area contributed by atoms with Gasteiger partial charge in [0.15, 0.2) is 0 Å². The molecule has 1 amide bonds. The van der Waals surface area contributed by atoms with Gasteiger partial charge in [-0.25, -0.2) is 0 Å². The molecule has 3 heteroatoms. The highest BCUT2D eigenvalue weighted by molar-refractivity contribution is 5.97. The van der Waals surface area contributed by atoms with E-state index in [0.717, 1.165) is 18.7 Å². The Kier molecular flexibility index (Phi) is 2.50. The molecule has 1 N–H and O–H groups in total. The van der Waals surface area contributed by atoms with Crippen LogP contribution in [0.1, 0.15) is 6.42 Å². The van der Waals surface area contributed by atoms with Gasteiger partial charge in [0, 0.05) is 12.7 Å². The number of amides is 1. The summed E-state index contributed by atoms with van der Waals surface area (Å²) in [6.07, 6.45) is 0.954. The van der Waals surface area contributed by atoms with Gasteiger partial charge in [-0.1, -0.05) is 18.2 Å². The predicted molar refractivity (Wildman–Crippen MR) is 56.3 cm³/mol. The molecule has 1 aliphatic heterocycles. The lowest BCUT2D eigenvalue weighted by Gasteiger charge is -2.30. The van der Waals surface area contributed by atoms with E-state index in [1.54, 1.807) is 4.90 Å². The number of nitrogens with zero attached hydrogens (tertiary/aromatic N) is 1. The van der Waals surface area contributed by atoms with Gasteiger partial charge in [0.25, 0.3) is 0 Å². The number of carbonyl (C=O) groups excluding carboxylic acids is 1. The third-order valence-electron chi connectivity index (χ3n) is 2.60. The molecule has 3 nitrogen and oxygen atoms in total. The number of hydrogen-bond acceptors (Lipinski definition) is 2. The molecule has 0 unspecified atom stereocenters. The lowest BCUT2D eigenvalue weighted by Crippen LogP contribution is -2.53. The summed E-state index contributed by atoms with van der Waals surface area (Å²) in [6, 6.07) is 9.73. The van der Waals surface area contributed by atoms with Gasteiger partial charge < -0.3 is 10.2 Å². The molecule has 1 fully saturated rings. The van der Waals surface area contributed by atoms with Crippen LogP contribution in [0.15, 0.2) is 30.3 Å². The van der Waals surface area contributed by atoms with Crippen LogP contribution >= 0.6 is 0 Å². The summed E-state index contributed by atoms with van der Waals surface area (Å²) in [5.74, 6) is 0.155. The van der Waals surface area contributed by atoms with Crippen LogP contribution in [-0.4, -0.2) is 25.5 Å². The topological polar surface area (TPSA) is 32.3 Å². The lowest BCUT2D eigenvalue weighted by atomic mass is 10.1. The molecule has 0 bridgehead atoms. The van der Waals surface area contributed by atoms with Crippen molar-refractivity contribution >= 4 is 11.6 Å². The Morgan fingerprint density at radius 3 is 2.57 bits per heavy atom. The van der Waals surface area contributed by atoms with Crippen molar-refractivity contribution in [3.05, 3.63) is 30.3 Å². The molecule has 2 rings (SSSR count). The molecule has 74 valence electrons. The van der Waals surface area contributed by atoms with Crippen LogP contribution < -0.4 is 10.2 Å². The van der Waals surface area contributed by atoms with Crippen molar-refractivity contribution in [3.8, 4) is 0 Å². The summed E-state index contributed by atoms with van der Waals surface area (Å²) >= 11 is 0. The number of hydrogen-bond donors (Lipinski definition) is 1. The monoisotopic (exact) mass is 190 g/mol. The highest BCUT2D eigenvalue weighted by Gasteiger charge is 2.27. The van der Waals surface area contributed by atoms with Gasteiger partial charge in [0.2, 0.25) is 5.91 Å². The Labute approximate surface area is 83.7 Å². The SMILES string of the molecule is CN(C(=O)[C@H]1CCN1)c1ccccc1. The minimum Gasteiger partial charge on any atom is -0.314 e. The number of carbonyl (C=O) groups is 1. The van der Waals surface area contributed by atoms with Crippen molar-refractivity contribution in [1.29, 1.82) is 0 Å². The molecule has 1 saturated heterocycles. The first-order valence-electron chi connectivity index (χ1n) is 4.85. The van der Waals surface area contributed by atoms with E-state index in [9.17, 15) is 4.79 Å². The zero-order chi connectivity index (χ0) is 9.97. The molecule has 0 aliphatic carbocycles. The highest BCUT2D eigenvalue weighted by atomic mass is 16.2. The van der Waals surface area contributed by atoms with Crippen molar-refractivity contribution in [2.24, 2.45) is 0 Å². The van der Waals surface area contributed by atoms with Crippen molar-refractivity contribution in [2.45, 2.75) is 12.5 Å². The summed E-state index contributed by atoms with van der Waals surface area (Å²) < 4.78 is 0. The van der Waals surface area contributed by atoms with E-state index in [2.05, 4.69) is 5.32 Å². The molecule has 0 aromatic heterocycles. The van der Waals surface area contributed by atoms with Gasteiger partial charge >= 0.3 is 0 Å². The van der Waals surface area contributed by atoms with E-state index in [1.807, 2.05) is 37.4 Å². The van der Waals surface area contributed by atoms with E-state index in [0.29, 0.717) is 0 Å². The van der Waals surface area contributed by atoms with E-state index >= 15 is 0 Å². The minimum atomic E-state index is 0.0280. The quantitative estimate of drug-likeness (QED) is 0.755. The average molecular weight is 190 g/mol. The van der Waals surface area contributed by atoms with Gasteiger partial charge in [-0.15, -0.1) is 0 Å². The van der Waals surface area contributed by atoms with E-state index in [1.165, 1.54) is 0 Å². The number of benzene rings is 1. The Morgan fingerprint density at radius 2 is 2.07 bits per heavy atom. The number of para-hydroxylation sites is 1. The zero-order valence-electron chi connectivity index (χ0n) is 8.23. The molecule has 0 spiro atoms. The molecule has 1 heterocycles. The van der Waals surface area contributed by atoms with Crippen LogP contribution in [0.4, 0.5) is 5.69 Å². The summed E-state index contributed by atoms with van der Waals surface area (Å²) in [6.45, 7) is 0.957. The van der Waals surface area contributed by atoms with Crippen LogP contribution in [0.3, 0.4) is 0 Å². The van der Waals surface area contributed by atoms with Crippen LogP contribution in [0, 0.1) is 0 Å². The molecular weight excluding hydrogens is 176 g/mol. The van der Waals surface area contributed by atoms with Crippen molar-refractivity contribution in [1.82, 2.24) is 5.32 Å². The molecule has 14 heavy (non-hydrogen) atoms. The van der Waals surface area contributed by atoms with Gasteiger partial charge in [-0.3, -0.25) is 4.79 Å². The zero-order valence-corrected chi connectivity index (χ0v) is 8.23. The first kappa shape index (κ1) is 9.21. The fourth-order valence-corrected chi connectivity index (χ4v) is 1.51. The normalized spacial score (nSPS) is 19.9. The molecule has 0 radical (unpaired) electrons. The standard InChI is InChI=1S/C11H14N2O/c1-13(9-5-3-2-4-6-9)11(14)10-7-8-12-10/h2-6,10,12H,7-8H2,1H3/t10-/m1/s1. The van der Waals surface area contributed by atoms with Gasteiger partial charge in [-0.2, -0.15) is 0 Å². The first-order chi connectivity index (χ1) is 6.79. The van der Waals surface area contributed by atoms with E-state index in [4.69, 9.17) is 0 Å². The number of nitrogens with one attached hydrogen (secondary N) is 1. The number of rotatable bonds is 2. The number of anilines is 1. The van der Waals surface area contributed by atoms with Crippen molar-refractivity contribution in [2.75, 3.05) is 18.5 Å². The Morgan fingerprint density at radius 1 is 1.43 bits per heavy atom. The maximum Gasteiger partial charge on any atom is 0.243 e. The number of likely N-dealkylation sites (N-methyl/N-ethyl adjacent to an activating group) is 1. The highest BCUT2D eigenvalue weighted by Crippen LogP contribution is 2.14. The maximum atomic E-state index is 11.8. The summed E-state index contributed by atoms with van der Waals surface area (Å²) in [5.41, 5.74) is 0.950. The van der Waals surface area contributed by atoms with Crippen LogP contribution in [-0.2, 0) is 4.79 Å². The van der Waals surface area contributed by atoms with Gasteiger partial charge in [0.1, 0.15) is 0 Å². The third kappa shape index (κ3) is 1.63. The molecular formula is C11H14N2O. The molecule has 1 aliphatic rings. The predicted octanol–water partition coefficient (Wildman–Crippen LogP) is 1.01. The van der Waals surface area contributed by atoms with Crippen LogP contribution in [0.25, 0.3) is 0 Å². The van der Waals surface area contributed by atoms with Crippen molar-refractivity contribution in [3.63, 3.8) is 0 Å². The second-order valence-electron chi connectivity index (χ2n) is 3.53. The molecule has 0 saturated carbocycles. The average Bonchev–Trinajstić information content (AvgIpc) is 2.15. The molecule has 1 aromatic carbocycles. The largest absolute Gasteiger partial charge is 0.314 e. The molecule has 1 aromatic rings. The van der Waals surface area contributed by atoms with Gasteiger partial charge in [0.05, 0.1) is 6.04 Å². The minimum absolute atomic E-state index is 0.0280. The van der Waals surface area contributed by atoms with E-state index < -0.39 is 0 Å². The fourth-order valence-electron chi connectivity index (χ4n) is 1.51. The van der Waals surface area contributed by atoms with Crippen molar-refractivity contribution < 1.29 is 4.79 Å². The fraction of sp³-hybridized carbons (Fsp3) is 0.364. The summed E-state index contributed by atoms with van der Waals surface area (Å²) in [4.78, 5) is 13.5. The first-order valence-corrected chi connectivity index (χ1v) is 4.85. The maximum absolute atomic E-state index is 11.8. The third-order valence-corrected chi connectivity index (χ3v) is 2.60. The Hall–Kier alpha value is -1.35. The summed E-state index contributed by atoms with van der Waals surface area (Å²) in [7, 11) is 1.82. The lowest BCUT2D eigenvalue weighted by molar-refractivity contribution is -0.121. The molecule has 1 atom stereocenters. The van der Waals surface area contributed by atoms with E-state index in [-0.39, 0.29) is 11.9 Å². The smallest absolute Gasteiger partial charge is 0.243 e. The second kappa shape index (κ2) is 3.80. The Bertz CT molecular complexity index is 319. The summed E-state index contributed by atoms with van der Waals surface area (Å²) in [5, 5.41) is 3.10. The second-order valence-corrected chi connectivity index (χ2v) is 3.53. The van der Waals surface area contributed by atoms with Crippen LogP contribution in [0.2, 0.25) is 0 Å². The van der Waals surface area contributed by atoms with Gasteiger partial charge in [-0.05, 0) is 25.1 Å².